The van der Waals surface area contributed by atoms with Crippen LogP contribution in [0, 0.1) is 17.2 Å². The van der Waals surface area contributed by atoms with E-state index < -0.39 is 0 Å². The summed E-state index contributed by atoms with van der Waals surface area (Å²) < 4.78 is 11.5. The molecule has 2 aromatic rings. The summed E-state index contributed by atoms with van der Waals surface area (Å²) in [5.74, 6) is 1.77. The maximum absolute atomic E-state index is 12.6. The van der Waals surface area contributed by atoms with Crippen molar-refractivity contribution < 1.29 is 14.3 Å². The van der Waals surface area contributed by atoms with Gasteiger partial charge in [0.2, 0.25) is 0 Å². The van der Waals surface area contributed by atoms with Crippen molar-refractivity contribution in [2.24, 2.45) is 17.6 Å². The van der Waals surface area contributed by atoms with Crippen molar-refractivity contribution in [1.82, 2.24) is 5.32 Å². The van der Waals surface area contributed by atoms with Crippen molar-refractivity contribution in [3.8, 4) is 17.2 Å². The third-order valence-electron chi connectivity index (χ3n) is 4.79. The Morgan fingerprint density at radius 2 is 1.63 bits per heavy atom. The summed E-state index contributed by atoms with van der Waals surface area (Å²) in [4.78, 5) is 12.6. The standard InChI is InChI=1S/C21H25N3O3/c22-21(23)24-14-15-10-12-16(13-11-15)20(25)27-19-9-5-4-8-18(19)26-17-6-2-1-3-7-17/h1-9,15-16H,10-14H2,(H4,22,23,24)/t15-,16-. The molecule has 0 atom stereocenters. The lowest BCUT2D eigenvalue weighted by molar-refractivity contribution is -0.140. The Labute approximate surface area is 159 Å². The molecule has 142 valence electrons. The summed E-state index contributed by atoms with van der Waals surface area (Å²) in [7, 11) is 0. The maximum Gasteiger partial charge on any atom is 0.314 e. The highest BCUT2D eigenvalue weighted by atomic mass is 16.6. The largest absolute Gasteiger partial charge is 0.453 e. The van der Waals surface area contributed by atoms with E-state index in [0.29, 0.717) is 29.7 Å². The Balaban J connectivity index is 1.56. The normalized spacial score (nSPS) is 19.1. The molecule has 1 saturated carbocycles. The zero-order valence-electron chi connectivity index (χ0n) is 15.2. The van der Waals surface area contributed by atoms with E-state index in [0.717, 1.165) is 25.7 Å². The molecule has 1 fully saturated rings. The Hall–Kier alpha value is -3.02. The molecule has 0 amide bonds. The van der Waals surface area contributed by atoms with E-state index in [4.69, 9.17) is 20.6 Å². The van der Waals surface area contributed by atoms with Crippen LogP contribution in [-0.4, -0.2) is 18.5 Å². The summed E-state index contributed by atoms with van der Waals surface area (Å²) in [6.07, 6.45) is 3.40. The van der Waals surface area contributed by atoms with Crippen LogP contribution in [0.5, 0.6) is 17.2 Å². The second-order valence-electron chi connectivity index (χ2n) is 6.80. The first-order chi connectivity index (χ1) is 13.1. The van der Waals surface area contributed by atoms with Crippen molar-refractivity contribution in [3.05, 3.63) is 54.6 Å². The highest BCUT2D eigenvalue weighted by molar-refractivity contribution is 5.76. The number of esters is 1. The molecule has 6 nitrogen and oxygen atoms in total. The third kappa shape index (κ3) is 5.48. The van der Waals surface area contributed by atoms with Gasteiger partial charge in [-0.15, -0.1) is 0 Å². The summed E-state index contributed by atoms with van der Waals surface area (Å²) in [6, 6.07) is 16.6. The van der Waals surface area contributed by atoms with Crippen LogP contribution in [0.25, 0.3) is 0 Å². The summed E-state index contributed by atoms with van der Waals surface area (Å²) >= 11 is 0. The number of hydrogen-bond acceptors (Lipinski definition) is 4. The van der Waals surface area contributed by atoms with Gasteiger partial charge in [-0.05, 0) is 55.9 Å². The van der Waals surface area contributed by atoms with Crippen molar-refractivity contribution in [2.75, 3.05) is 6.54 Å². The molecule has 0 spiro atoms. The lowest BCUT2D eigenvalue weighted by Crippen LogP contribution is -2.36. The molecule has 1 aliphatic rings. The summed E-state index contributed by atoms with van der Waals surface area (Å²) in [6.45, 7) is 0.685. The molecule has 0 heterocycles. The third-order valence-corrected chi connectivity index (χ3v) is 4.79. The molecule has 6 heteroatoms. The smallest absolute Gasteiger partial charge is 0.314 e. The van der Waals surface area contributed by atoms with E-state index in [9.17, 15) is 4.79 Å². The predicted octanol–water partition coefficient (Wildman–Crippen LogP) is 3.67. The van der Waals surface area contributed by atoms with Crippen LogP contribution in [-0.2, 0) is 4.79 Å². The number of para-hydroxylation sites is 3. The average Bonchev–Trinajstić information content (AvgIpc) is 2.69. The van der Waals surface area contributed by atoms with Gasteiger partial charge in [-0.3, -0.25) is 10.2 Å². The molecule has 2 aromatic carbocycles. The van der Waals surface area contributed by atoms with Gasteiger partial charge >= 0.3 is 5.97 Å². The molecule has 1 aliphatic carbocycles. The van der Waals surface area contributed by atoms with Gasteiger partial charge in [-0.1, -0.05) is 30.3 Å². The molecule has 0 bridgehead atoms. The van der Waals surface area contributed by atoms with E-state index in [2.05, 4.69) is 5.32 Å². The van der Waals surface area contributed by atoms with Crippen LogP contribution in [0.3, 0.4) is 0 Å². The summed E-state index contributed by atoms with van der Waals surface area (Å²) in [5.41, 5.74) is 5.33. The first kappa shape index (κ1) is 18.8. The monoisotopic (exact) mass is 367 g/mol. The number of nitrogens with one attached hydrogen (secondary N) is 2. The highest BCUT2D eigenvalue weighted by Crippen LogP contribution is 2.34. The van der Waals surface area contributed by atoms with E-state index in [1.807, 2.05) is 42.5 Å². The minimum atomic E-state index is -0.211. The SMILES string of the molecule is N=C(N)NC[C@H]1CC[C@H](C(=O)Oc2ccccc2Oc2ccccc2)CC1. The van der Waals surface area contributed by atoms with E-state index in [1.165, 1.54) is 0 Å². The highest BCUT2D eigenvalue weighted by Gasteiger charge is 2.28. The fourth-order valence-electron chi connectivity index (χ4n) is 3.28. The molecule has 27 heavy (non-hydrogen) atoms. The molecule has 4 N–H and O–H groups in total. The number of carbonyl (C=O) groups is 1. The number of carbonyl (C=O) groups excluding carboxylic acids is 1. The molecular formula is C21H25N3O3. The quantitative estimate of drug-likeness (QED) is 0.313. The fourth-order valence-corrected chi connectivity index (χ4v) is 3.28. The van der Waals surface area contributed by atoms with Crippen LogP contribution < -0.4 is 20.5 Å². The van der Waals surface area contributed by atoms with Crippen LogP contribution in [0.1, 0.15) is 25.7 Å². The Morgan fingerprint density at radius 3 is 2.30 bits per heavy atom. The van der Waals surface area contributed by atoms with Crippen molar-refractivity contribution in [3.63, 3.8) is 0 Å². The van der Waals surface area contributed by atoms with E-state index in [-0.39, 0.29) is 17.8 Å². The van der Waals surface area contributed by atoms with Gasteiger partial charge in [-0.2, -0.15) is 0 Å². The number of guanidine groups is 1. The molecule has 0 saturated heterocycles. The van der Waals surface area contributed by atoms with Crippen LogP contribution >= 0.6 is 0 Å². The average molecular weight is 367 g/mol. The molecule has 0 aromatic heterocycles. The number of hydrogen-bond donors (Lipinski definition) is 3. The molecular weight excluding hydrogens is 342 g/mol. The topological polar surface area (TPSA) is 97.4 Å². The number of rotatable bonds is 6. The van der Waals surface area contributed by atoms with Gasteiger partial charge in [0.05, 0.1) is 5.92 Å². The lowest BCUT2D eigenvalue weighted by atomic mass is 9.82. The molecule has 0 aliphatic heterocycles. The van der Waals surface area contributed by atoms with Crippen molar-refractivity contribution >= 4 is 11.9 Å². The van der Waals surface area contributed by atoms with Gasteiger partial charge in [0.25, 0.3) is 0 Å². The minimum absolute atomic E-state index is 0.00782. The first-order valence-electron chi connectivity index (χ1n) is 9.23. The number of ether oxygens (including phenoxy) is 2. The second kappa shape index (κ2) is 9.07. The number of nitrogens with two attached hydrogens (primary N) is 1. The fraction of sp³-hybridized carbons (Fsp3) is 0.333. The van der Waals surface area contributed by atoms with Crippen LogP contribution in [0.15, 0.2) is 54.6 Å². The Bertz CT molecular complexity index is 771. The van der Waals surface area contributed by atoms with Crippen LogP contribution in [0.4, 0.5) is 0 Å². The van der Waals surface area contributed by atoms with Gasteiger partial charge < -0.3 is 20.5 Å². The van der Waals surface area contributed by atoms with E-state index >= 15 is 0 Å². The second-order valence-corrected chi connectivity index (χ2v) is 6.80. The molecule has 0 unspecified atom stereocenters. The van der Waals surface area contributed by atoms with Crippen molar-refractivity contribution in [2.45, 2.75) is 25.7 Å². The summed E-state index contributed by atoms with van der Waals surface area (Å²) in [5, 5.41) is 10.1. The van der Waals surface area contributed by atoms with Gasteiger partial charge in [-0.25, -0.2) is 0 Å². The minimum Gasteiger partial charge on any atom is -0.453 e. The molecule has 0 radical (unpaired) electrons. The zero-order valence-corrected chi connectivity index (χ0v) is 15.2. The number of benzene rings is 2. The Morgan fingerprint density at radius 1 is 1.00 bits per heavy atom. The van der Waals surface area contributed by atoms with Gasteiger partial charge in [0.1, 0.15) is 5.75 Å². The Kier molecular flexibility index (Phi) is 6.30. The zero-order chi connectivity index (χ0) is 19.1. The predicted molar refractivity (Wildman–Crippen MR) is 104 cm³/mol. The van der Waals surface area contributed by atoms with Crippen molar-refractivity contribution in [1.29, 1.82) is 5.41 Å². The first-order valence-corrected chi connectivity index (χ1v) is 9.23. The lowest BCUT2D eigenvalue weighted by Gasteiger charge is -2.27. The van der Waals surface area contributed by atoms with E-state index in [1.54, 1.807) is 12.1 Å². The maximum atomic E-state index is 12.6. The van der Waals surface area contributed by atoms with Crippen LogP contribution in [0.2, 0.25) is 0 Å². The van der Waals surface area contributed by atoms with Gasteiger partial charge in [0, 0.05) is 6.54 Å². The molecule has 3 rings (SSSR count). The van der Waals surface area contributed by atoms with Gasteiger partial charge in [0.15, 0.2) is 17.5 Å².